The number of alkyl halides is 6. The lowest BCUT2D eigenvalue weighted by atomic mass is 9.98. The molecule has 0 aliphatic carbocycles. The van der Waals surface area contributed by atoms with Crippen LogP contribution in [0.2, 0.25) is 0 Å². The van der Waals surface area contributed by atoms with Gasteiger partial charge in [-0.05, 0) is 12.0 Å². The summed E-state index contributed by atoms with van der Waals surface area (Å²) < 4.78 is 73.1. The van der Waals surface area contributed by atoms with Gasteiger partial charge in [-0.2, -0.15) is 26.3 Å². The van der Waals surface area contributed by atoms with Crippen molar-refractivity contribution >= 4 is 0 Å². The van der Waals surface area contributed by atoms with E-state index in [9.17, 15) is 26.3 Å². The van der Waals surface area contributed by atoms with Crippen LogP contribution in [0, 0.1) is 5.92 Å². The Labute approximate surface area is 87.9 Å². The normalized spacial score (nSPS) is 13.2. The van der Waals surface area contributed by atoms with Gasteiger partial charge in [-0.1, -0.05) is 30.3 Å². The maximum absolute atomic E-state index is 12.2. The zero-order valence-corrected chi connectivity index (χ0v) is 7.94. The van der Waals surface area contributed by atoms with Gasteiger partial charge >= 0.3 is 12.4 Å². The summed E-state index contributed by atoms with van der Waals surface area (Å²) >= 11 is 0. The van der Waals surface area contributed by atoms with Crippen molar-refractivity contribution in [2.24, 2.45) is 5.92 Å². The molecule has 0 fully saturated rings. The van der Waals surface area contributed by atoms with Crippen LogP contribution in [-0.2, 0) is 6.42 Å². The molecule has 0 saturated carbocycles. The van der Waals surface area contributed by atoms with E-state index in [0.29, 0.717) is 0 Å². The van der Waals surface area contributed by atoms with E-state index in [4.69, 9.17) is 0 Å². The van der Waals surface area contributed by atoms with Crippen molar-refractivity contribution in [1.82, 2.24) is 0 Å². The highest BCUT2D eigenvalue weighted by Gasteiger charge is 2.56. The molecule has 0 aromatic heterocycles. The molecule has 1 rings (SSSR count). The van der Waals surface area contributed by atoms with E-state index in [1.165, 1.54) is 30.3 Å². The van der Waals surface area contributed by atoms with Crippen LogP contribution in [0.3, 0.4) is 0 Å². The molecule has 0 radical (unpaired) electrons. The molecule has 0 atom stereocenters. The topological polar surface area (TPSA) is 0 Å². The summed E-state index contributed by atoms with van der Waals surface area (Å²) in [5, 5.41) is 0. The molecule has 1 aromatic carbocycles. The predicted molar refractivity (Wildman–Crippen MR) is 45.7 cm³/mol. The molecule has 0 heterocycles. The largest absolute Gasteiger partial charge is 0.400 e. The second kappa shape index (κ2) is 4.35. The first-order chi connectivity index (χ1) is 7.21. The van der Waals surface area contributed by atoms with Crippen molar-refractivity contribution in [3.8, 4) is 0 Å². The first-order valence-electron chi connectivity index (χ1n) is 4.38. The first kappa shape index (κ1) is 12.9. The van der Waals surface area contributed by atoms with Crippen molar-refractivity contribution in [1.29, 1.82) is 0 Å². The highest BCUT2D eigenvalue weighted by atomic mass is 19.4. The quantitative estimate of drug-likeness (QED) is 0.688. The van der Waals surface area contributed by atoms with Crippen molar-refractivity contribution in [2.75, 3.05) is 0 Å². The third-order valence-electron chi connectivity index (χ3n) is 2.07. The molecular formula is C10H8F6. The molecule has 0 amide bonds. The summed E-state index contributed by atoms with van der Waals surface area (Å²) in [5.41, 5.74) is 0.0159. The highest BCUT2D eigenvalue weighted by Crippen LogP contribution is 2.41. The Morgan fingerprint density at radius 3 is 1.62 bits per heavy atom. The molecular weight excluding hydrogens is 234 g/mol. The lowest BCUT2D eigenvalue weighted by Gasteiger charge is -2.22. The zero-order valence-electron chi connectivity index (χ0n) is 7.94. The molecule has 0 saturated heterocycles. The molecule has 0 unspecified atom stereocenters. The van der Waals surface area contributed by atoms with Crippen LogP contribution in [0.5, 0.6) is 0 Å². The third-order valence-corrected chi connectivity index (χ3v) is 2.07. The van der Waals surface area contributed by atoms with E-state index in [0.717, 1.165) is 0 Å². The summed E-state index contributed by atoms with van der Waals surface area (Å²) in [6, 6.07) is 6.81. The smallest absolute Gasteiger partial charge is 0.170 e. The van der Waals surface area contributed by atoms with Gasteiger partial charge in [-0.3, -0.25) is 0 Å². The second-order valence-electron chi connectivity index (χ2n) is 3.33. The van der Waals surface area contributed by atoms with Gasteiger partial charge in [0.2, 0.25) is 0 Å². The van der Waals surface area contributed by atoms with Crippen LogP contribution in [0.4, 0.5) is 26.3 Å². The van der Waals surface area contributed by atoms with Gasteiger partial charge in [0.05, 0.1) is 0 Å². The van der Waals surface area contributed by atoms with Crippen LogP contribution in [0.1, 0.15) is 5.56 Å². The number of halogens is 6. The van der Waals surface area contributed by atoms with Gasteiger partial charge in [0.15, 0.2) is 5.92 Å². The van der Waals surface area contributed by atoms with E-state index in [-0.39, 0.29) is 5.56 Å². The molecule has 0 N–H and O–H groups in total. The van der Waals surface area contributed by atoms with E-state index in [2.05, 4.69) is 0 Å². The Kier molecular flexibility index (Phi) is 3.50. The van der Waals surface area contributed by atoms with Gasteiger partial charge in [-0.25, -0.2) is 0 Å². The Morgan fingerprint density at radius 2 is 1.25 bits per heavy atom. The van der Waals surface area contributed by atoms with Crippen molar-refractivity contribution < 1.29 is 26.3 Å². The summed E-state index contributed by atoms with van der Waals surface area (Å²) in [4.78, 5) is 0. The van der Waals surface area contributed by atoms with Gasteiger partial charge in [0, 0.05) is 0 Å². The number of hydrogen-bond donors (Lipinski definition) is 0. The van der Waals surface area contributed by atoms with Crippen molar-refractivity contribution in [3.05, 3.63) is 35.9 Å². The molecule has 16 heavy (non-hydrogen) atoms. The summed E-state index contributed by atoms with van der Waals surface area (Å²) in [6.07, 6.45) is -11.6. The Morgan fingerprint density at radius 1 is 0.812 bits per heavy atom. The Hall–Kier alpha value is -1.20. The standard InChI is InChI=1S/C10H8F6/c11-9(12,13)8(10(14,15)16)6-7-4-2-1-3-5-7/h1-5,8H,6H2. The second-order valence-corrected chi connectivity index (χ2v) is 3.33. The van der Waals surface area contributed by atoms with E-state index < -0.39 is 24.7 Å². The predicted octanol–water partition coefficient (Wildman–Crippen LogP) is 3.97. The number of benzene rings is 1. The molecule has 90 valence electrons. The van der Waals surface area contributed by atoms with Crippen LogP contribution >= 0.6 is 0 Å². The molecule has 0 nitrogen and oxygen atoms in total. The molecule has 1 aromatic rings. The zero-order chi connectivity index (χ0) is 12.4. The average Bonchev–Trinajstić information content (AvgIpc) is 2.12. The number of rotatable bonds is 2. The number of hydrogen-bond acceptors (Lipinski definition) is 0. The van der Waals surface area contributed by atoms with E-state index in [1.807, 2.05) is 0 Å². The summed E-state index contributed by atoms with van der Waals surface area (Å²) in [7, 11) is 0. The van der Waals surface area contributed by atoms with Gasteiger partial charge in [0.25, 0.3) is 0 Å². The lowest BCUT2D eigenvalue weighted by molar-refractivity contribution is -0.283. The van der Waals surface area contributed by atoms with Crippen molar-refractivity contribution in [3.63, 3.8) is 0 Å². The lowest BCUT2D eigenvalue weighted by Crippen LogP contribution is -2.37. The van der Waals surface area contributed by atoms with Gasteiger partial charge in [0.1, 0.15) is 0 Å². The third kappa shape index (κ3) is 3.43. The summed E-state index contributed by atoms with van der Waals surface area (Å²) in [6.45, 7) is 0. The first-order valence-corrected chi connectivity index (χ1v) is 4.38. The van der Waals surface area contributed by atoms with Crippen LogP contribution in [0.25, 0.3) is 0 Å². The molecule has 0 bridgehead atoms. The van der Waals surface area contributed by atoms with Crippen LogP contribution in [-0.4, -0.2) is 12.4 Å². The summed E-state index contributed by atoms with van der Waals surface area (Å²) in [5.74, 6) is -3.30. The van der Waals surface area contributed by atoms with Gasteiger partial charge < -0.3 is 0 Å². The maximum atomic E-state index is 12.2. The minimum atomic E-state index is -5.27. The fourth-order valence-electron chi connectivity index (χ4n) is 1.27. The molecule has 0 aliphatic heterocycles. The Bertz CT molecular complexity index is 309. The van der Waals surface area contributed by atoms with Crippen LogP contribution in [0.15, 0.2) is 30.3 Å². The Balaban J connectivity index is 2.89. The van der Waals surface area contributed by atoms with Crippen molar-refractivity contribution in [2.45, 2.75) is 18.8 Å². The average molecular weight is 242 g/mol. The highest BCUT2D eigenvalue weighted by molar-refractivity contribution is 5.16. The van der Waals surface area contributed by atoms with Gasteiger partial charge in [-0.15, -0.1) is 0 Å². The molecule has 0 aliphatic rings. The maximum Gasteiger partial charge on any atom is 0.400 e. The molecule has 0 spiro atoms. The fraction of sp³-hybridized carbons (Fsp3) is 0.400. The molecule has 6 heteroatoms. The van der Waals surface area contributed by atoms with E-state index >= 15 is 0 Å². The monoisotopic (exact) mass is 242 g/mol. The van der Waals surface area contributed by atoms with Crippen LogP contribution < -0.4 is 0 Å². The minimum Gasteiger partial charge on any atom is -0.170 e. The van der Waals surface area contributed by atoms with E-state index in [1.54, 1.807) is 0 Å². The SMILES string of the molecule is FC(F)(F)C(Cc1ccccc1)C(F)(F)F. The minimum absolute atomic E-state index is 0.0159. The fourth-order valence-corrected chi connectivity index (χ4v) is 1.27.